The monoisotopic (exact) mass is 510 g/mol. The van der Waals surface area contributed by atoms with E-state index in [9.17, 15) is 23.2 Å². The minimum Gasteiger partial charge on any atom is -0.379 e. The average Bonchev–Trinajstić information content (AvgIpc) is 2.83. The average molecular weight is 511 g/mol. The van der Waals surface area contributed by atoms with Crippen molar-refractivity contribution in [3.63, 3.8) is 0 Å². The molecule has 2 rings (SSSR count). The minimum absolute atomic E-state index is 0.0536. The maximum atomic E-state index is 13.3. The van der Waals surface area contributed by atoms with E-state index in [4.69, 9.17) is 4.74 Å². The van der Waals surface area contributed by atoms with Crippen molar-refractivity contribution in [1.82, 2.24) is 20.2 Å². The molecule has 1 heterocycles. The van der Waals surface area contributed by atoms with Crippen LogP contribution in [-0.2, 0) is 24.3 Å². The molecule has 0 unspecified atom stereocenters. The zero-order valence-electron chi connectivity index (χ0n) is 20.7. The smallest absolute Gasteiger partial charge is 0.247 e. The Hall–Kier alpha value is -2.31. The number of hydrazine groups is 1. The fourth-order valence-electron chi connectivity index (χ4n) is 3.98. The third-order valence-corrected chi connectivity index (χ3v) is 6.93. The molecule has 1 saturated heterocycles. The van der Waals surface area contributed by atoms with E-state index in [1.807, 2.05) is 50.3 Å². The molecule has 2 atom stereocenters. The van der Waals surface area contributed by atoms with E-state index in [1.54, 1.807) is 11.6 Å². The zero-order chi connectivity index (χ0) is 25.8. The summed E-state index contributed by atoms with van der Waals surface area (Å²) in [4.78, 5) is 28.0. The van der Waals surface area contributed by atoms with Crippen LogP contribution in [0.15, 0.2) is 36.4 Å². The van der Waals surface area contributed by atoms with Crippen LogP contribution in [0.4, 0.5) is 0 Å². The van der Waals surface area contributed by atoms with Gasteiger partial charge in [0, 0.05) is 26.2 Å². The first kappa shape index (κ1) is 28.9. The summed E-state index contributed by atoms with van der Waals surface area (Å²) < 4.78 is 31.1. The van der Waals surface area contributed by atoms with Gasteiger partial charge in [0.2, 0.25) is 21.8 Å². The highest BCUT2D eigenvalue weighted by Gasteiger charge is 2.35. The molecule has 3 N–H and O–H groups in total. The number of nitrogens with zero attached hydrogens (tertiary/aromatic N) is 2. The van der Waals surface area contributed by atoms with Crippen molar-refractivity contribution in [2.24, 2.45) is 17.8 Å². The van der Waals surface area contributed by atoms with Gasteiger partial charge in [-0.1, -0.05) is 56.3 Å². The van der Waals surface area contributed by atoms with E-state index < -0.39 is 33.7 Å². The first-order chi connectivity index (χ1) is 16.6. The standard InChI is InChI=1S/C24H38N4O6S/c1-19(2)18-22(21(24(30)26-31)11-7-10-20-8-5-4-6-9-20)23(29)25-28(35(3,32)33)13-12-27-14-16-34-17-15-27/h4-10,19,21-22,31H,11-18H2,1-3H3,(H,25,29)(H,26,30)/b10-7+/t21-,22+/m0/s1. The third-order valence-electron chi connectivity index (χ3n) is 5.85. The molecule has 10 nitrogen and oxygen atoms in total. The number of hydrogen-bond acceptors (Lipinski definition) is 7. The van der Waals surface area contributed by atoms with Crippen LogP contribution in [-0.4, -0.2) is 80.4 Å². The largest absolute Gasteiger partial charge is 0.379 e. The number of carbonyl (C=O) groups excluding carboxylic acids is 2. The van der Waals surface area contributed by atoms with Crippen molar-refractivity contribution in [3.05, 3.63) is 42.0 Å². The lowest BCUT2D eigenvalue weighted by atomic mass is 9.82. The normalized spacial score (nSPS) is 17.0. The van der Waals surface area contributed by atoms with Crippen molar-refractivity contribution in [2.75, 3.05) is 45.6 Å². The lowest BCUT2D eigenvalue weighted by Gasteiger charge is -2.31. The molecule has 1 aliphatic heterocycles. The van der Waals surface area contributed by atoms with Gasteiger partial charge in [-0.05, 0) is 24.3 Å². The van der Waals surface area contributed by atoms with Crippen LogP contribution >= 0.6 is 0 Å². The number of sulfonamides is 1. The summed E-state index contributed by atoms with van der Waals surface area (Å²) in [5.41, 5.74) is 5.14. The van der Waals surface area contributed by atoms with Crippen LogP contribution < -0.4 is 10.9 Å². The summed E-state index contributed by atoms with van der Waals surface area (Å²) in [5.74, 6) is -2.95. The molecule has 0 aliphatic carbocycles. The molecular weight excluding hydrogens is 472 g/mol. The van der Waals surface area contributed by atoms with Crippen molar-refractivity contribution in [3.8, 4) is 0 Å². The van der Waals surface area contributed by atoms with Gasteiger partial charge in [-0.2, -0.15) is 0 Å². The Bertz CT molecular complexity index is 933. The lowest BCUT2D eigenvalue weighted by molar-refractivity contribution is -0.141. The SMILES string of the molecule is CC(C)C[C@@H](C(=O)NN(CCN1CCOCC1)S(C)(=O)=O)[C@H](C/C=C/c1ccccc1)C(=O)NO. The van der Waals surface area contributed by atoms with E-state index >= 15 is 0 Å². The van der Waals surface area contributed by atoms with E-state index in [-0.39, 0.29) is 18.9 Å². The van der Waals surface area contributed by atoms with Gasteiger partial charge in [-0.15, -0.1) is 4.41 Å². The molecule has 196 valence electrons. The van der Waals surface area contributed by atoms with E-state index in [0.717, 1.165) is 16.2 Å². The number of allylic oxidation sites excluding steroid dienone is 1. The zero-order valence-corrected chi connectivity index (χ0v) is 21.5. The number of amides is 2. The summed E-state index contributed by atoms with van der Waals surface area (Å²) in [7, 11) is -3.75. The summed E-state index contributed by atoms with van der Waals surface area (Å²) in [6.45, 7) is 6.88. The van der Waals surface area contributed by atoms with E-state index in [1.165, 1.54) is 0 Å². The molecule has 0 radical (unpaired) electrons. The van der Waals surface area contributed by atoms with Crippen LogP contribution in [0.3, 0.4) is 0 Å². The number of nitrogens with one attached hydrogen (secondary N) is 2. The second-order valence-corrected chi connectivity index (χ2v) is 11.0. The lowest BCUT2D eigenvalue weighted by Crippen LogP contribution is -2.53. The van der Waals surface area contributed by atoms with Gasteiger partial charge < -0.3 is 4.74 Å². The number of ether oxygens (including phenoxy) is 1. The Labute approximate surface area is 208 Å². The molecule has 1 fully saturated rings. The van der Waals surface area contributed by atoms with Gasteiger partial charge in [-0.25, -0.2) is 13.9 Å². The van der Waals surface area contributed by atoms with Crippen molar-refractivity contribution in [2.45, 2.75) is 26.7 Å². The van der Waals surface area contributed by atoms with Gasteiger partial charge in [0.25, 0.3) is 0 Å². The van der Waals surface area contributed by atoms with Crippen LogP contribution in [0, 0.1) is 17.8 Å². The number of hydrogen-bond donors (Lipinski definition) is 3. The van der Waals surface area contributed by atoms with Crippen LogP contribution in [0.1, 0.15) is 32.3 Å². The number of benzene rings is 1. The van der Waals surface area contributed by atoms with E-state index in [2.05, 4.69) is 10.3 Å². The first-order valence-corrected chi connectivity index (χ1v) is 13.7. The molecule has 35 heavy (non-hydrogen) atoms. The van der Waals surface area contributed by atoms with Crippen LogP contribution in [0.5, 0.6) is 0 Å². The number of rotatable bonds is 13. The Morgan fingerprint density at radius 3 is 2.37 bits per heavy atom. The second kappa shape index (κ2) is 14.3. The highest BCUT2D eigenvalue weighted by molar-refractivity contribution is 7.88. The number of hydroxylamine groups is 1. The van der Waals surface area contributed by atoms with Crippen molar-refractivity contribution in [1.29, 1.82) is 0 Å². The van der Waals surface area contributed by atoms with Crippen molar-refractivity contribution < 1.29 is 28.0 Å². The van der Waals surface area contributed by atoms with Crippen molar-refractivity contribution >= 4 is 27.9 Å². The third kappa shape index (κ3) is 10.1. The van der Waals surface area contributed by atoms with Gasteiger partial charge in [0.1, 0.15) is 0 Å². The fourth-order valence-corrected chi connectivity index (χ4v) is 4.65. The highest BCUT2D eigenvalue weighted by atomic mass is 32.2. The summed E-state index contributed by atoms with van der Waals surface area (Å²) in [6.07, 6.45) is 5.18. The number of carbonyl (C=O) groups is 2. The molecule has 0 spiro atoms. The fraction of sp³-hybridized carbons (Fsp3) is 0.583. The Balaban J connectivity index is 2.18. The molecule has 0 aromatic heterocycles. The molecule has 0 saturated carbocycles. The molecular formula is C24H38N4O6S. The quantitative estimate of drug-likeness (QED) is 0.271. The minimum atomic E-state index is -3.75. The molecule has 1 aromatic rings. The molecule has 2 amide bonds. The predicted molar refractivity (Wildman–Crippen MR) is 133 cm³/mol. The van der Waals surface area contributed by atoms with Gasteiger partial charge in [0.05, 0.1) is 31.3 Å². The van der Waals surface area contributed by atoms with Crippen LogP contribution in [0.25, 0.3) is 6.08 Å². The summed E-state index contributed by atoms with van der Waals surface area (Å²) in [6, 6.07) is 9.50. The molecule has 0 bridgehead atoms. The topological polar surface area (TPSA) is 128 Å². The van der Waals surface area contributed by atoms with Gasteiger partial charge in [-0.3, -0.25) is 25.1 Å². The maximum Gasteiger partial charge on any atom is 0.247 e. The molecule has 11 heteroatoms. The Morgan fingerprint density at radius 2 is 1.80 bits per heavy atom. The van der Waals surface area contributed by atoms with Gasteiger partial charge in [0.15, 0.2) is 0 Å². The second-order valence-electron chi connectivity index (χ2n) is 9.13. The highest BCUT2D eigenvalue weighted by Crippen LogP contribution is 2.25. The Morgan fingerprint density at radius 1 is 1.14 bits per heavy atom. The van der Waals surface area contributed by atoms with Gasteiger partial charge >= 0.3 is 0 Å². The first-order valence-electron chi connectivity index (χ1n) is 11.9. The van der Waals surface area contributed by atoms with E-state index in [0.29, 0.717) is 39.3 Å². The van der Waals surface area contributed by atoms with Crippen LogP contribution in [0.2, 0.25) is 0 Å². The number of morpholine rings is 1. The Kier molecular flexibility index (Phi) is 11.8. The molecule has 1 aromatic carbocycles. The maximum absolute atomic E-state index is 13.3. The summed E-state index contributed by atoms with van der Waals surface area (Å²) in [5, 5.41) is 9.35. The predicted octanol–water partition coefficient (Wildman–Crippen LogP) is 1.50. The summed E-state index contributed by atoms with van der Waals surface area (Å²) >= 11 is 0. The molecule has 1 aliphatic rings.